The molecule has 1 saturated carbocycles. The summed E-state index contributed by atoms with van der Waals surface area (Å²) in [5.74, 6) is 2.09. The first-order valence-corrected chi connectivity index (χ1v) is 11.8. The van der Waals surface area contributed by atoms with E-state index in [0.29, 0.717) is 11.6 Å². The lowest BCUT2D eigenvalue weighted by Crippen LogP contribution is -2.47. The van der Waals surface area contributed by atoms with Gasteiger partial charge in [-0.15, -0.1) is 0 Å². The number of fused-ring (bicyclic) bond motifs is 1. The second-order valence-corrected chi connectivity index (χ2v) is 8.91. The highest BCUT2D eigenvalue weighted by Gasteiger charge is 2.26. The van der Waals surface area contributed by atoms with Crippen LogP contribution in [-0.4, -0.2) is 60.0 Å². The van der Waals surface area contributed by atoms with Crippen molar-refractivity contribution in [3.63, 3.8) is 0 Å². The summed E-state index contributed by atoms with van der Waals surface area (Å²) in [7, 11) is 1.96. The number of nitrogens with zero attached hydrogens (tertiary/aromatic N) is 5. The van der Waals surface area contributed by atoms with Gasteiger partial charge in [0.2, 0.25) is 0 Å². The lowest BCUT2D eigenvalue weighted by Gasteiger charge is -2.36. The largest absolute Gasteiger partial charge is 0.353 e. The van der Waals surface area contributed by atoms with Gasteiger partial charge >= 0.3 is 0 Å². The Balaban J connectivity index is 1.38. The van der Waals surface area contributed by atoms with Crippen LogP contribution in [-0.2, 0) is 0 Å². The van der Waals surface area contributed by atoms with E-state index in [1.807, 2.05) is 42.4 Å². The van der Waals surface area contributed by atoms with Crippen molar-refractivity contribution >= 4 is 28.3 Å². The van der Waals surface area contributed by atoms with Crippen molar-refractivity contribution in [3.8, 4) is 0 Å². The number of anilines is 2. The summed E-state index contributed by atoms with van der Waals surface area (Å²) in [6.07, 6.45) is 9.56. The number of hydrogen-bond acceptors (Lipinski definition) is 5. The second kappa shape index (κ2) is 9.15. The quantitative estimate of drug-likeness (QED) is 0.617. The van der Waals surface area contributed by atoms with Crippen molar-refractivity contribution in [2.45, 2.75) is 38.1 Å². The molecule has 0 radical (unpaired) electrons. The molecule has 1 aromatic carbocycles. The zero-order chi connectivity index (χ0) is 21.9. The van der Waals surface area contributed by atoms with E-state index in [-0.39, 0.29) is 5.91 Å². The van der Waals surface area contributed by atoms with Crippen LogP contribution in [0.15, 0.2) is 54.9 Å². The lowest BCUT2D eigenvalue weighted by molar-refractivity contribution is 0.0698. The van der Waals surface area contributed by atoms with Crippen molar-refractivity contribution in [1.82, 2.24) is 14.9 Å². The number of piperazine rings is 1. The molecule has 1 amide bonds. The number of benzene rings is 1. The molecular formula is C26H31N5O. The zero-order valence-corrected chi connectivity index (χ0v) is 18.8. The standard InChI is InChI=1S/C26H31N5O/c1-29(20-9-3-2-4-10-20)26(32)23-19-28-25(22-12-6-5-11-21(22)23)31-17-15-30(16-18-31)24-13-7-8-14-27-24/h5-8,11-14,19-20H,2-4,9-10,15-18H2,1H3. The fourth-order valence-electron chi connectivity index (χ4n) is 5.11. The van der Waals surface area contributed by atoms with Gasteiger partial charge in [-0.2, -0.15) is 0 Å². The maximum Gasteiger partial charge on any atom is 0.256 e. The maximum atomic E-state index is 13.4. The number of hydrogen-bond donors (Lipinski definition) is 0. The Kier molecular flexibility index (Phi) is 5.93. The number of carbonyl (C=O) groups is 1. The molecule has 2 fully saturated rings. The van der Waals surface area contributed by atoms with Crippen molar-refractivity contribution < 1.29 is 4.79 Å². The van der Waals surface area contributed by atoms with Crippen LogP contribution in [0, 0.1) is 0 Å². The first-order chi connectivity index (χ1) is 15.7. The van der Waals surface area contributed by atoms with Crippen molar-refractivity contribution in [2.75, 3.05) is 43.0 Å². The minimum Gasteiger partial charge on any atom is -0.353 e. The van der Waals surface area contributed by atoms with Gasteiger partial charge in [0.05, 0.1) is 5.56 Å². The predicted molar refractivity (Wildman–Crippen MR) is 129 cm³/mol. The Labute approximate surface area is 189 Å². The minimum atomic E-state index is 0.0899. The molecule has 166 valence electrons. The van der Waals surface area contributed by atoms with Crippen LogP contribution in [0.3, 0.4) is 0 Å². The SMILES string of the molecule is CN(C(=O)c1cnc(N2CCN(c3ccccn3)CC2)c2ccccc12)C1CCCCC1. The van der Waals surface area contributed by atoms with Crippen LogP contribution >= 0.6 is 0 Å². The van der Waals surface area contributed by atoms with E-state index in [4.69, 9.17) is 4.98 Å². The number of amides is 1. The summed E-state index contributed by atoms with van der Waals surface area (Å²) in [5, 5.41) is 2.05. The van der Waals surface area contributed by atoms with E-state index in [1.165, 1.54) is 19.3 Å². The Hall–Kier alpha value is -3.15. The molecule has 6 heteroatoms. The fraction of sp³-hybridized carbons (Fsp3) is 0.423. The van der Waals surface area contributed by atoms with E-state index in [9.17, 15) is 4.79 Å². The van der Waals surface area contributed by atoms with E-state index in [1.54, 1.807) is 6.20 Å². The van der Waals surface area contributed by atoms with Gasteiger partial charge in [0, 0.05) is 57.0 Å². The Morgan fingerprint density at radius 3 is 2.28 bits per heavy atom. The molecule has 0 bridgehead atoms. The van der Waals surface area contributed by atoms with E-state index in [2.05, 4.69) is 33.0 Å². The zero-order valence-electron chi connectivity index (χ0n) is 18.8. The van der Waals surface area contributed by atoms with Gasteiger partial charge in [0.15, 0.2) is 0 Å². The van der Waals surface area contributed by atoms with Crippen LogP contribution in [0.4, 0.5) is 11.6 Å². The van der Waals surface area contributed by atoms with Gasteiger partial charge in [-0.05, 0) is 30.4 Å². The predicted octanol–water partition coefficient (Wildman–Crippen LogP) is 4.36. The van der Waals surface area contributed by atoms with Crippen molar-refractivity contribution in [2.24, 2.45) is 0 Å². The van der Waals surface area contributed by atoms with Crippen LogP contribution in [0.25, 0.3) is 10.8 Å². The minimum absolute atomic E-state index is 0.0899. The van der Waals surface area contributed by atoms with Gasteiger partial charge < -0.3 is 14.7 Å². The highest BCUT2D eigenvalue weighted by molar-refractivity contribution is 6.09. The first kappa shape index (κ1) is 20.7. The van der Waals surface area contributed by atoms with Gasteiger partial charge in [-0.1, -0.05) is 49.6 Å². The van der Waals surface area contributed by atoms with Crippen molar-refractivity contribution in [1.29, 1.82) is 0 Å². The summed E-state index contributed by atoms with van der Waals surface area (Å²) in [4.78, 5) is 29.3. The molecule has 0 unspecified atom stereocenters. The monoisotopic (exact) mass is 429 g/mol. The third-order valence-corrected chi connectivity index (χ3v) is 7.00. The third-order valence-electron chi connectivity index (χ3n) is 7.00. The highest BCUT2D eigenvalue weighted by Crippen LogP contribution is 2.30. The molecule has 3 heterocycles. The highest BCUT2D eigenvalue weighted by atomic mass is 16.2. The van der Waals surface area contributed by atoms with Crippen LogP contribution in [0.1, 0.15) is 42.5 Å². The molecule has 6 nitrogen and oxygen atoms in total. The second-order valence-electron chi connectivity index (χ2n) is 8.91. The van der Waals surface area contributed by atoms with E-state index in [0.717, 1.165) is 61.4 Å². The van der Waals surface area contributed by atoms with Gasteiger partial charge in [-0.25, -0.2) is 9.97 Å². The van der Waals surface area contributed by atoms with Gasteiger partial charge in [0.1, 0.15) is 11.6 Å². The Bertz CT molecular complexity index is 1070. The van der Waals surface area contributed by atoms with Gasteiger partial charge in [0.25, 0.3) is 5.91 Å². The fourth-order valence-corrected chi connectivity index (χ4v) is 5.11. The summed E-state index contributed by atoms with van der Waals surface area (Å²) < 4.78 is 0. The van der Waals surface area contributed by atoms with Crippen LogP contribution < -0.4 is 9.80 Å². The van der Waals surface area contributed by atoms with E-state index >= 15 is 0 Å². The first-order valence-electron chi connectivity index (χ1n) is 11.8. The molecule has 5 rings (SSSR count). The van der Waals surface area contributed by atoms with E-state index < -0.39 is 0 Å². The third kappa shape index (κ3) is 4.01. The average Bonchev–Trinajstić information content (AvgIpc) is 2.88. The molecule has 1 saturated heterocycles. The molecule has 2 aromatic heterocycles. The molecule has 0 N–H and O–H groups in total. The molecule has 2 aliphatic rings. The van der Waals surface area contributed by atoms with Gasteiger partial charge in [-0.3, -0.25) is 4.79 Å². The molecule has 0 spiro atoms. The summed E-state index contributed by atoms with van der Waals surface area (Å²) in [5.41, 5.74) is 0.713. The number of pyridine rings is 2. The molecule has 1 aliphatic carbocycles. The summed E-state index contributed by atoms with van der Waals surface area (Å²) in [6, 6.07) is 14.6. The number of aromatic nitrogens is 2. The molecule has 32 heavy (non-hydrogen) atoms. The van der Waals surface area contributed by atoms with Crippen LogP contribution in [0.5, 0.6) is 0 Å². The smallest absolute Gasteiger partial charge is 0.256 e. The number of rotatable bonds is 4. The normalized spacial score (nSPS) is 17.5. The lowest BCUT2D eigenvalue weighted by atomic mass is 9.94. The molecule has 0 atom stereocenters. The Morgan fingerprint density at radius 1 is 0.875 bits per heavy atom. The summed E-state index contributed by atoms with van der Waals surface area (Å²) in [6.45, 7) is 3.56. The summed E-state index contributed by atoms with van der Waals surface area (Å²) >= 11 is 0. The Morgan fingerprint density at radius 2 is 1.56 bits per heavy atom. The molecule has 3 aromatic rings. The van der Waals surface area contributed by atoms with Crippen molar-refractivity contribution in [3.05, 3.63) is 60.4 Å². The number of carbonyl (C=O) groups excluding carboxylic acids is 1. The van der Waals surface area contributed by atoms with Crippen LogP contribution in [0.2, 0.25) is 0 Å². The molecule has 1 aliphatic heterocycles. The topological polar surface area (TPSA) is 52.6 Å². The maximum absolute atomic E-state index is 13.4. The average molecular weight is 430 g/mol. The molecular weight excluding hydrogens is 398 g/mol.